The van der Waals surface area contributed by atoms with Gasteiger partial charge >= 0.3 is 5.97 Å². The molecule has 2 aromatic carbocycles. The smallest absolute Gasteiger partial charge is 0.349 e. The van der Waals surface area contributed by atoms with E-state index in [-0.39, 0.29) is 6.61 Å². The van der Waals surface area contributed by atoms with Crippen LogP contribution in [-0.2, 0) is 9.53 Å². The van der Waals surface area contributed by atoms with Gasteiger partial charge < -0.3 is 10.1 Å². The van der Waals surface area contributed by atoms with Crippen LogP contribution in [0.2, 0.25) is 0 Å². The Kier molecular flexibility index (Phi) is 5.63. The SMILES string of the molecule is O=C(COC(=O)c1sccc1-c1ccccc1)Nc1ccccc1Br. The van der Waals surface area contributed by atoms with Crippen molar-refractivity contribution in [3.8, 4) is 11.1 Å². The molecule has 0 aliphatic heterocycles. The Labute approximate surface area is 157 Å². The van der Waals surface area contributed by atoms with Gasteiger partial charge in [-0.2, -0.15) is 0 Å². The number of amides is 1. The molecule has 0 aliphatic carbocycles. The highest BCUT2D eigenvalue weighted by atomic mass is 79.9. The third kappa shape index (κ3) is 4.35. The number of hydrogen-bond donors (Lipinski definition) is 1. The number of nitrogens with one attached hydrogen (secondary N) is 1. The largest absolute Gasteiger partial charge is 0.451 e. The number of thiophene rings is 1. The van der Waals surface area contributed by atoms with E-state index in [1.54, 1.807) is 6.07 Å². The number of esters is 1. The van der Waals surface area contributed by atoms with Crippen molar-refractivity contribution in [3.63, 3.8) is 0 Å². The van der Waals surface area contributed by atoms with Crippen molar-refractivity contribution < 1.29 is 14.3 Å². The molecule has 0 saturated heterocycles. The van der Waals surface area contributed by atoms with Crippen molar-refractivity contribution in [2.45, 2.75) is 0 Å². The van der Waals surface area contributed by atoms with Crippen LogP contribution in [0.4, 0.5) is 5.69 Å². The monoisotopic (exact) mass is 415 g/mol. The van der Waals surface area contributed by atoms with Crippen LogP contribution in [0, 0.1) is 0 Å². The van der Waals surface area contributed by atoms with Gasteiger partial charge in [0.25, 0.3) is 5.91 Å². The number of rotatable bonds is 5. The van der Waals surface area contributed by atoms with Gasteiger partial charge in [0, 0.05) is 10.0 Å². The van der Waals surface area contributed by atoms with E-state index in [2.05, 4.69) is 21.2 Å². The number of para-hydroxylation sites is 1. The summed E-state index contributed by atoms with van der Waals surface area (Å²) >= 11 is 4.65. The third-order valence-electron chi connectivity index (χ3n) is 3.42. The van der Waals surface area contributed by atoms with E-state index in [9.17, 15) is 9.59 Å². The van der Waals surface area contributed by atoms with Crippen LogP contribution in [0.5, 0.6) is 0 Å². The third-order valence-corrected chi connectivity index (χ3v) is 5.00. The Bertz CT molecular complexity index is 892. The second-order valence-corrected chi connectivity index (χ2v) is 6.90. The van der Waals surface area contributed by atoms with E-state index in [4.69, 9.17) is 4.74 Å². The fourth-order valence-electron chi connectivity index (χ4n) is 2.26. The molecule has 0 unspecified atom stereocenters. The standard InChI is InChI=1S/C19H14BrNO3S/c20-15-8-4-5-9-16(15)21-17(22)12-24-19(23)18-14(10-11-25-18)13-6-2-1-3-7-13/h1-11H,12H2,(H,21,22). The summed E-state index contributed by atoms with van der Waals surface area (Å²) in [5, 5.41) is 4.53. The summed E-state index contributed by atoms with van der Waals surface area (Å²) in [4.78, 5) is 24.8. The molecule has 4 nitrogen and oxygen atoms in total. The topological polar surface area (TPSA) is 55.4 Å². The number of carbonyl (C=O) groups excluding carboxylic acids is 2. The maximum absolute atomic E-state index is 12.3. The average molecular weight is 416 g/mol. The van der Waals surface area contributed by atoms with Crippen LogP contribution in [0.3, 0.4) is 0 Å². The maximum Gasteiger partial charge on any atom is 0.349 e. The number of halogens is 1. The van der Waals surface area contributed by atoms with Crippen LogP contribution in [0.1, 0.15) is 9.67 Å². The summed E-state index contributed by atoms with van der Waals surface area (Å²) in [5.41, 5.74) is 2.37. The van der Waals surface area contributed by atoms with Crippen molar-refractivity contribution in [2.75, 3.05) is 11.9 Å². The second-order valence-electron chi connectivity index (χ2n) is 5.13. The van der Waals surface area contributed by atoms with Crippen LogP contribution in [0.25, 0.3) is 11.1 Å². The molecule has 1 amide bonds. The quantitative estimate of drug-likeness (QED) is 0.598. The Morgan fingerprint density at radius 2 is 1.72 bits per heavy atom. The molecule has 0 bridgehead atoms. The van der Waals surface area contributed by atoms with E-state index >= 15 is 0 Å². The lowest BCUT2D eigenvalue weighted by Crippen LogP contribution is -2.21. The molecule has 0 fully saturated rings. The van der Waals surface area contributed by atoms with E-state index < -0.39 is 11.9 Å². The van der Waals surface area contributed by atoms with E-state index in [0.717, 1.165) is 15.6 Å². The first-order chi connectivity index (χ1) is 12.1. The Morgan fingerprint density at radius 1 is 1.00 bits per heavy atom. The lowest BCUT2D eigenvalue weighted by atomic mass is 10.1. The molecule has 0 aliphatic rings. The summed E-state index contributed by atoms with van der Waals surface area (Å²) in [6.07, 6.45) is 0. The zero-order valence-corrected chi connectivity index (χ0v) is 15.5. The average Bonchev–Trinajstić information content (AvgIpc) is 3.12. The summed E-state index contributed by atoms with van der Waals surface area (Å²) in [6, 6.07) is 18.7. The van der Waals surface area contributed by atoms with Crippen molar-refractivity contribution >= 4 is 44.8 Å². The molecule has 1 heterocycles. The molecule has 3 rings (SSSR count). The lowest BCUT2D eigenvalue weighted by molar-refractivity contribution is -0.119. The van der Waals surface area contributed by atoms with Crippen LogP contribution >= 0.6 is 27.3 Å². The van der Waals surface area contributed by atoms with E-state index in [1.165, 1.54) is 11.3 Å². The van der Waals surface area contributed by atoms with Gasteiger partial charge in [0.15, 0.2) is 6.61 Å². The Hall–Kier alpha value is -2.44. The molecule has 0 atom stereocenters. The van der Waals surface area contributed by atoms with Gasteiger partial charge in [-0.15, -0.1) is 11.3 Å². The molecule has 0 spiro atoms. The number of carbonyl (C=O) groups is 2. The molecule has 3 aromatic rings. The minimum absolute atomic E-state index is 0.341. The van der Waals surface area contributed by atoms with Crippen LogP contribution in [0.15, 0.2) is 70.5 Å². The molecule has 0 saturated carbocycles. The highest BCUT2D eigenvalue weighted by Crippen LogP contribution is 2.28. The van der Waals surface area contributed by atoms with Gasteiger partial charge in [-0.05, 0) is 45.1 Å². The van der Waals surface area contributed by atoms with Crippen molar-refractivity contribution in [2.24, 2.45) is 0 Å². The molecular weight excluding hydrogens is 402 g/mol. The second kappa shape index (κ2) is 8.09. The predicted molar refractivity (Wildman–Crippen MR) is 103 cm³/mol. The zero-order chi connectivity index (χ0) is 17.6. The van der Waals surface area contributed by atoms with E-state index in [1.807, 2.05) is 60.0 Å². The molecule has 0 radical (unpaired) electrons. The van der Waals surface area contributed by atoms with Crippen LogP contribution < -0.4 is 5.32 Å². The summed E-state index contributed by atoms with van der Waals surface area (Å²) < 4.78 is 5.93. The molecule has 1 N–H and O–H groups in total. The minimum atomic E-state index is -0.504. The fourth-order valence-corrected chi connectivity index (χ4v) is 3.45. The summed E-state index contributed by atoms with van der Waals surface area (Å²) in [6.45, 7) is -0.341. The molecule has 25 heavy (non-hydrogen) atoms. The first kappa shape index (κ1) is 17.4. The number of benzene rings is 2. The summed E-state index contributed by atoms with van der Waals surface area (Å²) in [5.74, 6) is -0.894. The van der Waals surface area contributed by atoms with Gasteiger partial charge in [-0.1, -0.05) is 42.5 Å². The van der Waals surface area contributed by atoms with Crippen molar-refractivity contribution in [1.29, 1.82) is 0 Å². The van der Waals surface area contributed by atoms with Gasteiger partial charge in [0.1, 0.15) is 4.88 Å². The fraction of sp³-hybridized carbons (Fsp3) is 0.0526. The minimum Gasteiger partial charge on any atom is -0.451 e. The molecule has 126 valence electrons. The number of ether oxygens (including phenoxy) is 1. The first-order valence-electron chi connectivity index (χ1n) is 7.49. The van der Waals surface area contributed by atoms with Gasteiger partial charge in [0.2, 0.25) is 0 Å². The van der Waals surface area contributed by atoms with Crippen molar-refractivity contribution in [3.05, 3.63) is 75.4 Å². The van der Waals surface area contributed by atoms with Gasteiger partial charge in [-0.25, -0.2) is 4.79 Å². The predicted octanol–water partition coefficient (Wildman–Crippen LogP) is 4.97. The Morgan fingerprint density at radius 3 is 2.48 bits per heavy atom. The van der Waals surface area contributed by atoms with Crippen LogP contribution in [-0.4, -0.2) is 18.5 Å². The van der Waals surface area contributed by atoms with Gasteiger partial charge in [-0.3, -0.25) is 4.79 Å². The summed E-state index contributed by atoms with van der Waals surface area (Å²) in [7, 11) is 0. The highest BCUT2D eigenvalue weighted by Gasteiger charge is 2.17. The molecule has 6 heteroatoms. The Balaban J connectivity index is 1.63. The lowest BCUT2D eigenvalue weighted by Gasteiger charge is -2.08. The van der Waals surface area contributed by atoms with Crippen molar-refractivity contribution in [1.82, 2.24) is 0 Å². The molecule has 1 aromatic heterocycles. The van der Waals surface area contributed by atoms with Gasteiger partial charge in [0.05, 0.1) is 5.69 Å². The maximum atomic E-state index is 12.3. The highest BCUT2D eigenvalue weighted by molar-refractivity contribution is 9.10. The number of anilines is 1. The normalized spacial score (nSPS) is 10.3. The van der Waals surface area contributed by atoms with E-state index in [0.29, 0.717) is 10.6 Å². The first-order valence-corrected chi connectivity index (χ1v) is 9.17. The molecular formula is C19H14BrNO3S. The number of hydrogen-bond acceptors (Lipinski definition) is 4. The zero-order valence-electron chi connectivity index (χ0n) is 13.1.